The molecule has 0 bridgehead atoms. The van der Waals surface area contributed by atoms with Crippen molar-refractivity contribution in [3.8, 4) is 0 Å². The molecule has 8 heteroatoms. The molecule has 1 N–H and O–H groups in total. The Balaban J connectivity index is 1.72. The topological polar surface area (TPSA) is 62.6 Å². The van der Waals surface area contributed by atoms with Crippen molar-refractivity contribution in [2.24, 2.45) is 5.10 Å². The molecule has 6 nitrogen and oxygen atoms in total. The van der Waals surface area contributed by atoms with Crippen LogP contribution in [-0.4, -0.2) is 42.5 Å². The first kappa shape index (κ1) is 17.0. The van der Waals surface area contributed by atoms with Gasteiger partial charge in [-0.05, 0) is 19.1 Å². The van der Waals surface area contributed by atoms with Crippen molar-refractivity contribution in [2.45, 2.75) is 6.92 Å². The van der Waals surface area contributed by atoms with Gasteiger partial charge >= 0.3 is 0 Å². The summed E-state index contributed by atoms with van der Waals surface area (Å²) in [5.74, 6) is 1.31. The summed E-state index contributed by atoms with van der Waals surface area (Å²) in [6, 6.07) is 7.08. The van der Waals surface area contributed by atoms with E-state index in [1.165, 1.54) is 0 Å². The molecule has 1 aromatic carbocycles. The Labute approximate surface area is 150 Å². The molecule has 1 aliphatic heterocycles. The lowest BCUT2D eigenvalue weighted by Gasteiger charge is -2.27. The van der Waals surface area contributed by atoms with Gasteiger partial charge < -0.3 is 9.64 Å². The second-order valence-electron chi connectivity index (χ2n) is 5.33. The molecule has 3 rings (SSSR count). The molecule has 0 aliphatic carbocycles. The molecule has 0 radical (unpaired) electrons. The van der Waals surface area contributed by atoms with Crippen LogP contribution in [0.5, 0.6) is 0 Å². The van der Waals surface area contributed by atoms with Crippen molar-refractivity contribution in [3.05, 3.63) is 45.6 Å². The average Bonchev–Trinajstić information content (AvgIpc) is 2.57. The summed E-state index contributed by atoms with van der Waals surface area (Å²) in [7, 11) is 0. The lowest BCUT2D eigenvalue weighted by Crippen LogP contribution is -2.37. The van der Waals surface area contributed by atoms with Crippen LogP contribution >= 0.6 is 23.2 Å². The number of morpholine rings is 1. The maximum Gasteiger partial charge on any atom is 0.227 e. The van der Waals surface area contributed by atoms with E-state index in [9.17, 15) is 0 Å². The van der Waals surface area contributed by atoms with Crippen molar-refractivity contribution in [3.63, 3.8) is 0 Å². The van der Waals surface area contributed by atoms with Crippen LogP contribution in [0.15, 0.2) is 29.4 Å². The lowest BCUT2D eigenvalue weighted by atomic mass is 10.2. The minimum atomic E-state index is 0.543. The van der Waals surface area contributed by atoms with E-state index in [4.69, 9.17) is 27.9 Å². The molecule has 0 saturated carbocycles. The summed E-state index contributed by atoms with van der Waals surface area (Å²) >= 11 is 12.0. The van der Waals surface area contributed by atoms with Crippen LogP contribution in [-0.2, 0) is 4.74 Å². The van der Waals surface area contributed by atoms with Crippen LogP contribution in [0.4, 0.5) is 11.8 Å². The Morgan fingerprint density at radius 1 is 1.21 bits per heavy atom. The predicted octanol–water partition coefficient (Wildman–Crippen LogP) is 3.37. The zero-order valence-electron chi connectivity index (χ0n) is 13.2. The van der Waals surface area contributed by atoms with Crippen molar-refractivity contribution in [2.75, 3.05) is 36.6 Å². The van der Waals surface area contributed by atoms with Crippen LogP contribution in [0.3, 0.4) is 0 Å². The van der Waals surface area contributed by atoms with Crippen LogP contribution in [0.1, 0.15) is 11.3 Å². The maximum atomic E-state index is 6.12. The number of aryl methyl sites for hydroxylation is 1. The number of hydrogen-bond donors (Lipinski definition) is 1. The molecule has 1 fully saturated rings. The molecule has 1 aliphatic rings. The van der Waals surface area contributed by atoms with Gasteiger partial charge in [0.1, 0.15) is 0 Å². The highest BCUT2D eigenvalue weighted by atomic mass is 35.5. The van der Waals surface area contributed by atoms with Gasteiger partial charge in [0.2, 0.25) is 5.95 Å². The van der Waals surface area contributed by atoms with Gasteiger partial charge in [0.15, 0.2) is 5.82 Å². The Kier molecular flexibility index (Phi) is 5.50. The highest BCUT2D eigenvalue weighted by Gasteiger charge is 2.14. The van der Waals surface area contributed by atoms with E-state index in [1.807, 2.05) is 13.0 Å². The number of nitrogens with one attached hydrogen (secondary N) is 1. The van der Waals surface area contributed by atoms with Crippen LogP contribution in [0.25, 0.3) is 0 Å². The first-order chi connectivity index (χ1) is 11.6. The largest absolute Gasteiger partial charge is 0.378 e. The molecule has 2 aromatic rings. The summed E-state index contributed by atoms with van der Waals surface area (Å²) in [5, 5.41) is 5.33. The normalized spacial score (nSPS) is 15.0. The minimum absolute atomic E-state index is 0.543. The van der Waals surface area contributed by atoms with Crippen LogP contribution in [0.2, 0.25) is 10.0 Å². The zero-order valence-corrected chi connectivity index (χ0v) is 14.7. The highest BCUT2D eigenvalue weighted by Crippen LogP contribution is 2.20. The molecule has 0 spiro atoms. The third kappa shape index (κ3) is 4.35. The first-order valence-corrected chi connectivity index (χ1v) is 8.30. The first-order valence-electron chi connectivity index (χ1n) is 7.54. The van der Waals surface area contributed by atoms with Gasteiger partial charge in [0.25, 0.3) is 0 Å². The van der Waals surface area contributed by atoms with Gasteiger partial charge in [0, 0.05) is 35.4 Å². The monoisotopic (exact) mass is 365 g/mol. The molecular weight excluding hydrogens is 349 g/mol. The molecule has 126 valence electrons. The molecule has 24 heavy (non-hydrogen) atoms. The molecule has 0 unspecified atom stereocenters. The summed E-state index contributed by atoms with van der Waals surface area (Å²) < 4.78 is 5.36. The fraction of sp³-hybridized carbons (Fsp3) is 0.312. The van der Waals surface area contributed by atoms with E-state index in [0.29, 0.717) is 35.0 Å². The second-order valence-corrected chi connectivity index (χ2v) is 6.17. The van der Waals surface area contributed by atoms with E-state index >= 15 is 0 Å². The summed E-state index contributed by atoms with van der Waals surface area (Å²) in [4.78, 5) is 11.1. The van der Waals surface area contributed by atoms with Crippen molar-refractivity contribution in [1.82, 2.24) is 9.97 Å². The Bertz CT molecular complexity index is 747. The molecule has 2 heterocycles. The molecule has 0 amide bonds. The number of rotatable bonds is 4. The van der Waals surface area contributed by atoms with Gasteiger partial charge in [-0.2, -0.15) is 10.1 Å². The average molecular weight is 366 g/mol. The fourth-order valence-electron chi connectivity index (χ4n) is 2.29. The molecule has 1 saturated heterocycles. The van der Waals surface area contributed by atoms with Gasteiger partial charge in [0.05, 0.1) is 24.5 Å². The third-order valence-corrected chi connectivity index (χ3v) is 4.04. The standard InChI is InChI=1S/C16H17Cl2N5O/c1-11-8-15(21-16(20-11)23-4-6-24-7-5-23)22-19-10-12-2-3-13(17)9-14(12)18/h2-3,8-10H,4-7H2,1H3,(H,20,21,22)/b19-10-. The number of hydrazone groups is 1. The zero-order chi connectivity index (χ0) is 16.9. The van der Waals surface area contributed by atoms with E-state index in [0.717, 1.165) is 24.3 Å². The maximum absolute atomic E-state index is 6.12. The summed E-state index contributed by atoms with van der Waals surface area (Å²) in [6.45, 7) is 4.87. The Morgan fingerprint density at radius 3 is 2.75 bits per heavy atom. The van der Waals surface area contributed by atoms with Gasteiger partial charge in [-0.15, -0.1) is 0 Å². The number of hydrogen-bond acceptors (Lipinski definition) is 6. The highest BCUT2D eigenvalue weighted by molar-refractivity contribution is 6.36. The van der Waals surface area contributed by atoms with Crippen molar-refractivity contribution < 1.29 is 4.74 Å². The van der Waals surface area contributed by atoms with Gasteiger partial charge in [-0.25, -0.2) is 4.98 Å². The second kappa shape index (κ2) is 7.79. The smallest absolute Gasteiger partial charge is 0.227 e. The third-order valence-electron chi connectivity index (χ3n) is 3.48. The number of benzene rings is 1. The Morgan fingerprint density at radius 2 is 2.00 bits per heavy atom. The Hall–Kier alpha value is -1.89. The number of halogens is 2. The van der Waals surface area contributed by atoms with E-state index in [2.05, 4.69) is 25.4 Å². The van der Waals surface area contributed by atoms with E-state index in [-0.39, 0.29) is 0 Å². The lowest BCUT2D eigenvalue weighted by molar-refractivity contribution is 0.122. The summed E-state index contributed by atoms with van der Waals surface area (Å²) in [5.41, 5.74) is 4.56. The quantitative estimate of drug-likeness (QED) is 0.664. The number of aromatic nitrogens is 2. The fourth-order valence-corrected chi connectivity index (χ4v) is 2.75. The molecule has 0 atom stereocenters. The van der Waals surface area contributed by atoms with Gasteiger partial charge in [-0.3, -0.25) is 5.43 Å². The number of ether oxygens (including phenoxy) is 1. The molecule has 1 aromatic heterocycles. The summed E-state index contributed by atoms with van der Waals surface area (Å²) in [6.07, 6.45) is 1.63. The predicted molar refractivity (Wildman–Crippen MR) is 97.5 cm³/mol. The van der Waals surface area contributed by atoms with Crippen molar-refractivity contribution >= 4 is 41.2 Å². The minimum Gasteiger partial charge on any atom is -0.378 e. The number of anilines is 2. The van der Waals surface area contributed by atoms with Crippen LogP contribution in [0, 0.1) is 6.92 Å². The molecular formula is C16H17Cl2N5O. The van der Waals surface area contributed by atoms with Crippen LogP contribution < -0.4 is 10.3 Å². The number of nitrogens with zero attached hydrogens (tertiary/aromatic N) is 4. The van der Waals surface area contributed by atoms with Crippen molar-refractivity contribution in [1.29, 1.82) is 0 Å². The van der Waals surface area contributed by atoms with Gasteiger partial charge in [-0.1, -0.05) is 29.3 Å². The van der Waals surface area contributed by atoms with E-state index in [1.54, 1.807) is 24.4 Å². The van der Waals surface area contributed by atoms with E-state index < -0.39 is 0 Å². The SMILES string of the molecule is Cc1cc(N/N=C\c2ccc(Cl)cc2Cl)nc(N2CCOCC2)n1.